The Balaban J connectivity index is 2.02. The van der Waals surface area contributed by atoms with Crippen molar-refractivity contribution in [3.8, 4) is 5.75 Å². The van der Waals surface area contributed by atoms with Crippen LogP contribution in [0.2, 0.25) is 5.02 Å². The fourth-order valence-corrected chi connectivity index (χ4v) is 2.03. The molecule has 0 saturated heterocycles. The Bertz CT molecular complexity index is 670. The van der Waals surface area contributed by atoms with E-state index in [4.69, 9.17) is 16.3 Å². The number of halogens is 1. The topological polar surface area (TPSA) is 55.4 Å². The highest BCUT2D eigenvalue weighted by Crippen LogP contribution is 2.23. The van der Waals surface area contributed by atoms with Crippen molar-refractivity contribution in [2.75, 3.05) is 11.9 Å². The van der Waals surface area contributed by atoms with Gasteiger partial charge in [-0.15, -0.1) is 0 Å². The van der Waals surface area contributed by atoms with Crippen LogP contribution in [0.1, 0.15) is 15.9 Å². The third-order valence-corrected chi connectivity index (χ3v) is 3.19. The summed E-state index contributed by atoms with van der Waals surface area (Å²) < 4.78 is 5.45. The molecule has 4 nitrogen and oxygen atoms in total. The summed E-state index contributed by atoms with van der Waals surface area (Å²) in [4.78, 5) is 22.8. The van der Waals surface area contributed by atoms with Gasteiger partial charge >= 0.3 is 0 Å². The normalized spacial score (nSPS) is 10.0. The molecule has 1 N–H and O–H groups in total. The molecular formula is C16H14ClNO3. The van der Waals surface area contributed by atoms with Crippen LogP contribution >= 0.6 is 11.6 Å². The fraction of sp³-hybridized carbons (Fsp3) is 0.125. The van der Waals surface area contributed by atoms with Gasteiger partial charge in [-0.25, -0.2) is 0 Å². The standard InChI is InChI=1S/C16H14ClNO3/c1-11-5-4-6-12(9-19)16(11)21-10-15(20)18-14-8-3-2-7-13(14)17/h2-9H,10H2,1H3,(H,18,20). The number of hydrogen-bond donors (Lipinski definition) is 1. The lowest BCUT2D eigenvalue weighted by Gasteiger charge is -2.11. The van der Waals surface area contributed by atoms with Crippen LogP contribution < -0.4 is 10.1 Å². The molecule has 0 heterocycles. The van der Waals surface area contributed by atoms with Crippen molar-refractivity contribution < 1.29 is 14.3 Å². The van der Waals surface area contributed by atoms with Gasteiger partial charge in [0, 0.05) is 0 Å². The molecule has 0 aliphatic rings. The highest BCUT2D eigenvalue weighted by molar-refractivity contribution is 6.33. The number of benzene rings is 2. The van der Waals surface area contributed by atoms with Crippen molar-refractivity contribution in [3.63, 3.8) is 0 Å². The third-order valence-electron chi connectivity index (χ3n) is 2.86. The summed E-state index contributed by atoms with van der Waals surface area (Å²) in [6.45, 7) is 1.62. The Morgan fingerprint density at radius 3 is 2.71 bits per heavy atom. The minimum absolute atomic E-state index is 0.198. The van der Waals surface area contributed by atoms with Gasteiger partial charge in [0.2, 0.25) is 0 Å². The zero-order valence-corrected chi connectivity index (χ0v) is 12.2. The van der Waals surface area contributed by atoms with Crippen LogP contribution in [0.5, 0.6) is 5.75 Å². The van der Waals surface area contributed by atoms with Crippen molar-refractivity contribution in [2.24, 2.45) is 0 Å². The lowest BCUT2D eigenvalue weighted by atomic mass is 10.1. The molecule has 2 aromatic rings. The zero-order valence-electron chi connectivity index (χ0n) is 11.4. The number of carbonyl (C=O) groups excluding carboxylic acids is 2. The minimum atomic E-state index is -0.344. The maximum atomic E-state index is 11.9. The average molecular weight is 304 g/mol. The molecule has 1 amide bonds. The number of amides is 1. The van der Waals surface area contributed by atoms with E-state index in [2.05, 4.69) is 5.32 Å². The molecule has 21 heavy (non-hydrogen) atoms. The van der Waals surface area contributed by atoms with Crippen LogP contribution in [0, 0.1) is 6.92 Å². The summed E-state index contributed by atoms with van der Waals surface area (Å²) in [5.74, 6) is 0.0741. The van der Waals surface area contributed by atoms with Crippen LogP contribution in [0.25, 0.3) is 0 Å². The SMILES string of the molecule is Cc1cccc(C=O)c1OCC(=O)Nc1ccccc1Cl. The molecule has 0 aromatic heterocycles. The van der Waals surface area contributed by atoms with Gasteiger partial charge in [0.15, 0.2) is 12.9 Å². The number of aryl methyl sites for hydroxylation is 1. The highest BCUT2D eigenvalue weighted by atomic mass is 35.5. The third kappa shape index (κ3) is 3.83. The molecule has 0 saturated carbocycles. The van der Waals surface area contributed by atoms with Crippen molar-refractivity contribution in [3.05, 3.63) is 58.6 Å². The second kappa shape index (κ2) is 6.90. The maximum Gasteiger partial charge on any atom is 0.262 e. The number of anilines is 1. The molecule has 0 atom stereocenters. The molecule has 0 radical (unpaired) electrons. The second-order valence-electron chi connectivity index (χ2n) is 4.43. The summed E-state index contributed by atoms with van der Waals surface area (Å²) in [5, 5.41) is 3.11. The molecule has 0 spiro atoms. The van der Waals surface area contributed by atoms with Gasteiger partial charge in [0.25, 0.3) is 5.91 Å². The Morgan fingerprint density at radius 2 is 2.00 bits per heavy atom. The van der Waals surface area contributed by atoms with E-state index in [1.165, 1.54) is 0 Å². The molecule has 0 aliphatic heterocycles. The van der Waals surface area contributed by atoms with Crippen LogP contribution in [-0.4, -0.2) is 18.8 Å². The first-order chi connectivity index (χ1) is 10.1. The van der Waals surface area contributed by atoms with E-state index in [1.54, 1.807) is 36.4 Å². The van der Waals surface area contributed by atoms with E-state index in [-0.39, 0.29) is 12.5 Å². The van der Waals surface area contributed by atoms with Gasteiger partial charge in [0.05, 0.1) is 16.3 Å². The van der Waals surface area contributed by atoms with Gasteiger partial charge < -0.3 is 10.1 Å². The predicted octanol–water partition coefficient (Wildman–Crippen LogP) is 3.48. The Labute approximate surface area is 127 Å². The number of aldehydes is 1. The molecule has 2 aromatic carbocycles. The van der Waals surface area contributed by atoms with Gasteiger partial charge in [-0.3, -0.25) is 9.59 Å². The molecule has 5 heteroatoms. The number of ether oxygens (including phenoxy) is 1. The molecule has 0 aliphatic carbocycles. The first-order valence-corrected chi connectivity index (χ1v) is 6.71. The zero-order chi connectivity index (χ0) is 15.2. The predicted molar refractivity (Wildman–Crippen MR) is 82.1 cm³/mol. The van der Waals surface area contributed by atoms with Gasteiger partial charge in [-0.05, 0) is 30.7 Å². The van der Waals surface area contributed by atoms with E-state index < -0.39 is 0 Å². The second-order valence-corrected chi connectivity index (χ2v) is 4.84. The number of carbonyl (C=O) groups is 2. The summed E-state index contributed by atoms with van der Waals surface area (Å²) >= 11 is 5.96. The minimum Gasteiger partial charge on any atom is -0.483 e. The molecular weight excluding hydrogens is 290 g/mol. The summed E-state index contributed by atoms with van der Waals surface area (Å²) in [6, 6.07) is 12.1. The number of rotatable bonds is 5. The maximum absolute atomic E-state index is 11.9. The van der Waals surface area contributed by atoms with Crippen LogP contribution in [-0.2, 0) is 4.79 Å². The van der Waals surface area contributed by atoms with Gasteiger partial charge in [-0.2, -0.15) is 0 Å². The first kappa shape index (κ1) is 15.1. The van der Waals surface area contributed by atoms with Crippen molar-refractivity contribution in [2.45, 2.75) is 6.92 Å². The van der Waals surface area contributed by atoms with E-state index in [9.17, 15) is 9.59 Å². The Hall–Kier alpha value is -2.33. The van der Waals surface area contributed by atoms with Crippen molar-refractivity contribution >= 4 is 29.5 Å². The van der Waals surface area contributed by atoms with Gasteiger partial charge in [0.1, 0.15) is 5.75 Å². The summed E-state index contributed by atoms with van der Waals surface area (Å²) in [6.07, 6.45) is 0.703. The van der Waals surface area contributed by atoms with Crippen molar-refractivity contribution in [1.82, 2.24) is 0 Å². The van der Waals surface area contributed by atoms with E-state index in [0.29, 0.717) is 28.3 Å². The highest BCUT2D eigenvalue weighted by Gasteiger charge is 2.10. The molecule has 0 bridgehead atoms. The quantitative estimate of drug-likeness (QED) is 0.860. The Morgan fingerprint density at radius 1 is 1.24 bits per heavy atom. The van der Waals surface area contributed by atoms with E-state index in [0.717, 1.165) is 5.56 Å². The smallest absolute Gasteiger partial charge is 0.262 e. The van der Waals surface area contributed by atoms with Crippen LogP contribution in [0.15, 0.2) is 42.5 Å². The fourth-order valence-electron chi connectivity index (χ4n) is 1.85. The van der Waals surface area contributed by atoms with Crippen LogP contribution in [0.3, 0.4) is 0 Å². The van der Waals surface area contributed by atoms with E-state index >= 15 is 0 Å². The molecule has 108 valence electrons. The number of para-hydroxylation sites is 2. The molecule has 0 unspecified atom stereocenters. The summed E-state index contributed by atoms with van der Waals surface area (Å²) in [7, 11) is 0. The Kier molecular flexibility index (Phi) is 4.95. The van der Waals surface area contributed by atoms with E-state index in [1.807, 2.05) is 13.0 Å². The number of hydrogen-bond acceptors (Lipinski definition) is 3. The largest absolute Gasteiger partial charge is 0.483 e. The van der Waals surface area contributed by atoms with Gasteiger partial charge in [-0.1, -0.05) is 35.9 Å². The monoisotopic (exact) mass is 303 g/mol. The number of nitrogens with one attached hydrogen (secondary N) is 1. The molecule has 0 fully saturated rings. The van der Waals surface area contributed by atoms with Crippen LogP contribution in [0.4, 0.5) is 5.69 Å². The van der Waals surface area contributed by atoms with Crippen molar-refractivity contribution in [1.29, 1.82) is 0 Å². The lowest BCUT2D eigenvalue weighted by molar-refractivity contribution is -0.118. The first-order valence-electron chi connectivity index (χ1n) is 6.34. The lowest BCUT2D eigenvalue weighted by Crippen LogP contribution is -2.21. The molecule has 2 rings (SSSR count). The summed E-state index contributed by atoms with van der Waals surface area (Å²) in [5.41, 5.74) is 1.74. The average Bonchev–Trinajstić information content (AvgIpc) is 2.48.